The molecular formula is C29H40N6O3. The second-order valence-electron chi connectivity index (χ2n) is 11.5. The van der Waals surface area contributed by atoms with Crippen molar-refractivity contribution in [1.82, 2.24) is 19.9 Å². The predicted molar refractivity (Wildman–Crippen MR) is 150 cm³/mol. The highest BCUT2D eigenvalue weighted by atomic mass is 16.6. The van der Waals surface area contributed by atoms with Crippen LogP contribution in [0.15, 0.2) is 36.7 Å². The van der Waals surface area contributed by atoms with Gasteiger partial charge >= 0.3 is 6.09 Å². The van der Waals surface area contributed by atoms with Crippen molar-refractivity contribution in [3.63, 3.8) is 0 Å². The summed E-state index contributed by atoms with van der Waals surface area (Å²) in [5.74, 6) is 1.12. The number of alkyl carbamates (subject to hydrolysis) is 1. The standard InChI is InChI=1S/C29H40N6O3/c1-6-34-12-11-20-14-23(15-30-27(20)34)31-22-8-9-24-19(13-22)7-10-26(32-24)35-16-21(18-37-5)25(17-35)33-28(36)38-29(2,3)4/h7,10-12,14-15,21-22,25,31H,6,8-9,13,16-18H2,1-5H3,(H,33,36)/t21-,22+,25-/m1/s1. The van der Waals surface area contributed by atoms with E-state index in [4.69, 9.17) is 14.5 Å². The minimum Gasteiger partial charge on any atom is -0.444 e. The van der Waals surface area contributed by atoms with Crippen LogP contribution in [0, 0.1) is 5.92 Å². The van der Waals surface area contributed by atoms with Crippen molar-refractivity contribution in [2.45, 2.75) is 71.2 Å². The van der Waals surface area contributed by atoms with Crippen LogP contribution in [0.5, 0.6) is 0 Å². The first kappa shape index (κ1) is 26.3. The van der Waals surface area contributed by atoms with Gasteiger partial charge in [0.05, 0.1) is 24.5 Å². The Labute approximate surface area is 224 Å². The molecule has 1 aliphatic heterocycles. The van der Waals surface area contributed by atoms with E-state index in [9.17, 15) is 4.79 Å². The molecule has 9 nitrogen and oxygen atoms in total. The maximum atomic E-state index is 12.4. The van der Waals surface area contributed by atoms with Crippen LogP contribution in [0.25, 0.3) is 11.0 Å². The fourth-order valence-corrected chi connectivity index (χ4v) is 5.61. The molecule has 0 unspecified atom stereocenters. The number of hydrogen-bond acceptors (Lipinski definition) is 7. The molecule has 204 valence electrons. The summed E-state index contributed by atoms with van der Waals surface area (Å²) < 4.78 is 13.1. The lowest BCUT2D eigenvalue weighted by Crippen LogP contribution is -2.44. The normalized spacial score (nSPS) is 21.4. The van der Waals surface area contributed by atoms with Crippen molar-refractivity contribution in [3.05, 3.63) is 47.9 Å². The van der Waals surface area contributed by atoms with Gasteiger partial charge in [-0.2, -0.15) is 0 Å². The van der Waals surface area contributed by atoms with Crippen LogP contribution in [-0.2, 0) is 28.9 Å². The summed E-state index contributed by atoms with van der Waals surface area (Å²) in [6, 6.07) is 8.94. The van der Waals surface area contributed by atoms with E-state index in [1.165, 1.54) is 11.3 Å². The average Bonchev–Trinajstić information content (AvgIpc) is 3.46. The second kappa shape index (κ2) is 10.8. The lowest BCUT2D eigenvalue weighted by atomic mass is 9.91. The summed E-state index contributed by atoms with van der Waals surface area (Å²) in [6.07, 6.45) is 6.53. The fourth-order valence-electron chi connectivity index (χ4n) is 5.61. The molecule has 5 rings (SSSR count). The van der Waals surface area contributed by atoms with Crippen LogP contribution in [0.3, 0.4) is 0 Å². The van der Waals surface area contributed by atoms with Gasteiger partial charge in [0.15, 0.2) is 0 Å². The number of rotatable bonds is 7. The van der Waals surface area contributed by atoms with Gasteiger partial charge in [-0.05, 0) is 70.7 Å². The number of carbonyl (C=O) groups excluding carboxylic acids is 1. The minimum absolute atomic E-state index is 0.0589. The monoisotopic (exact) mass is 520 g/mol. The Balaban J connectivity index is 1.23. The Kier molecular flexibility index (Phi) is 7.47. The summed E-state index contributed by atoms with van der Waals surface area (Å²) in [4.78, 5) is 24.4. The summed E-state index contributed by atoms with van der Waals surface area (Å²) in [5.41, 5.74) is 4.02. The van der Waals surface area contributed by atoms with Gasteiger partial charge in [0.25, 0.3) is 0 Å². The van der Waals surface area contributed by atoms with Gasteiger partial charge in [0, 0.05) is 56.0 Å². The van der Waals surface area contributed by atoms with Gasteiger partial charge in [-0.3, -0.25) is 0 Å². The van der Waals surface area contributed by atoms with Crippen LogP contribution in [0.2, 0.25) is 0 Å². The smallest absolute Gasteiger partial charge is 0.407 e. The van der Waals surface area contributed by atoms with Crippen LogP contribution >= 0.6 is 0 Å². The van der Waals surface area contributed by atoms with E-state index in [0.29, 0.717) is 19.2 Å². The molecule has 1 aliphatic carbocycles. The molecule has 3 atom stereocenters. The summed E-state index contributed by atoms with van der Waals surface area (Å²) in [7, 11) is 1.70. The van der Waals surface area contributed by atoms with Gasteiger partial charge in [-0.25, -0.2) is 14.8 Å². The lowest BCUT2D eigenvalue weighted by Gasteiger charge is -2.27. The van der Waals surface area contributed by atoms with Gasteiger partial charge in [0.2, 0.25) is 0 Å². The summed E-state index contributed by atoms with van der Waals surface area (Å²) in [6.45, 7) is 10.7. The maximum Gasteiger partial charge on any atom is 0.407 e. The van der Waals surface area contributed by atoms with Crippen molar-refractivity contribution in [2.24, 2.45) is 5.92 Å². The molecule has 2 N–H and O–H groups in total. The summed E-state index contributed by atoms with van der Waals surface area (Å²) >= 11 is 0. The van der Waals surface area contributed by atoms with Crippen molar-refractivity contribution >= 4 is 28.6 Å². The number of nitrogens with zero attached hydrogens (tertiary/aromatic N) is 4. The lowest BCUT2D eigenvalue weighted by molar-refractivity contribution is 0.0480. The second-order valence-corrected chi connectivity index (χ2v) is 11.5. The van der Waals surface area contributed by atoms with Gasteiger partial charge < -0.3 is 29.6 Å². The third-order valence-corrected chi connectivity index (χ3v) is 7.41. The molecule has 1 saturated heterocycles. The Hall–Kier alpha value is -3.33. The van der Waals surface area contributed by atoms with Gasteiger partial charge in [0.1, 0.15) is 17.1 Å². The molecule has 3 aromatic heterocycles. The molecule has 38 heavy (non-hydrogen) atoms. The number of anilines is 2. The number of aromatic nitrogens is 3. The van der Waals surface area contributed by atoms with Gasteiger partial charge in [-0.1, -0.05) is 6.07 Å². The predicted octanol–water partition coefficient (Wildman–Crippen LogP) is 4.40. The third-order valence-electron chi connectivity index (χ3n) is 7.41. The largest absolute Gasteiger partial charge is 0.444 e. The van der Waals surface area contributed by atoms with Crippen LogP contribution in [0.4, 0.5) is 16.3 Å². The van der Waals surface area contributed by atoms with E-state index in [0.717, 1.165) is 54.9 Å². The number of nitrogens with one attached hydrogen (secondary N) is 2. The fraction of sp³-hybridized carbons (Fsp3) is 0.552. The minimum atomic E-state index is -0.531. The molecule has 0 radical (unpaired) electrons. The first-order valence-corrected chi connectivity index (χ1v) is 13.7. The molecule has 0 spiro atoms. The molecule has 1 amide bonds. The van der Waals surface area contributed by atoms with E-state index in [1.807, 2.05) is 27.0 Å². The SMILES string of the molecule is CCn1ccc2cc(N[C@H]3CCc4nc(N5C[C@H](COC)[C@H](NC(=O)OC(C)(C)C)C5)ccc4C3)cnc21. The maximum absolute atomic E-state index is 12.4. The van der Waals surface area contributed by atoms with Crippen molar-refractivity contribution < 1.29 is 14.3 Å². The Bertz CT molecular complexity index is 1280. The molecule has 0 aromatic carbocycles. The topological polar surface area (TPSA) is 93.5 Å². The molecule has 0 saturated carbocycles. The zero-order valence-corrected chi connectivity index (χ0v) is 23.2. The highest BCUT2D eigenvalue weighted by molar-refractivity contribution is 5.79. The van der Waals surface area contributed by atoms with E-state index < -0.39 is 5.60 Å². The third kappa shape index (κ3) is 5.88. The Morgan fingerprint density at radius 3 is 2.82 bits per heavy atom. The molecule has 1 fully saturated rings. The number of carbonyl (C=O) groups is 1. The number of aryl methyl sites for hydroxylation is 2. The first-order valence-electron chi connectivity index (χ1n) is 13.7. The number of hydrogen-bond donors (Lipinski definition) is 2. The van der Waals surface area contributed by atoms with Crippen LogP contribution < -0.4 is 15.5 Å². The molecule has 2 aliphatic rings. The van der Waals surface area contributed by atoms with Crippen molar-refractivity contribution in [2.75, 3.05) is 37.0 Å². The molecular weight excluding hydrogens is 480 g/mol. The number of ether oxygens (including phenoxy) is 2. The highest BCUT2D eigenvalue weighted by Gasteiger charge is 2.36. The molecule has 0 bridgehead atoms. The van der Waals surface area contributed by atoms with Crippen LogP contribution in [-0.4, -0.2) is 65.1 Å². The first-order chi connectivity index (χ1) is 18.2. The van der Waals surface area contributed by atoms with E-state index in [1.54, 1.807) is 7.11 Å². The summed E-state index contributed by atoms with van der Waals surface area (Å²) in [5, 5.41) is 7.91. The van der Waals surface area contributed by atoms with E-state index in [-0.39, 0.29) is 18.1 Å². The Morgan fingerprint density at radius 1 is 1.21 bits per heavy atom. The van der Waals surface area contributed by atoms with E-state index in [2.05, 4.69) is 62.5 Å². The van der Waals surface area contributed by atoms with Crippen molar-refractivity contribution in [3.8, 4) is 0 Å². The molecule has 3 aromatic rings. The molecule has 4 heterocycles. The average molecular weight is 521 g/mol. The number of fused-ring (bicyclic) bond motifs is 2. The van der Waals surface area contributed by atoms with E-state index >= 15 is 0 Å². The zero-order chi connectivity index (χ0) is 26.9. The quantitative estimate of drug-likeness (QED) is 0.477. The highest BCUT2D eigenvalue weighted by Crippen LogP contribution is 2.29. The van der Waals surface area contributed by atoms with Crippen molar-refractivity contribution in [1.29, 1.82) is 0 Å². The number of pyridine rings is 2. The zero-order valence-electron chi connectivity index (χ0n) is 23.2. The Morgan fingerprint density at radius 2 is 2.05 bits per heavy atom. The van der Waals surface area contributed by atoms with Crippen LogP contribution in [0.1, 0.15) is 45.4 Å². The van der Waals surface area contributed by atoms with Gasteiger partial charge in [-0.15, -0.1) is 0 Å². The molecule has 9 heteroatoms. The number of methoxy groups -OCH3 is 1. The number of amides is 1.